The van der Waals surface area contributed by atoms with Gasteiger partial charge in [0.05, 0.1) is 27.8 Å². The summed E-state index contributed by atoms with van der Waals surface area (Å²) in [7, 11) is 2.00. The number of ether oxygens (including phenoxy) is 1. The minimum atomic E-state index is -0.0500. The summed E-state index contributed by atoms with van der Waals surface area (Å²) in [4.78, 5) is 9.60. The maximum Gasteiger partial charge on any atom is 0.139 e. The molecular formula is C49H37N5O. The Kier molecular flexibility index (Phi) is 6.63. The van der Waals surface area contributed by atoms with Crippen LogP contribution in [-0.2, 0) is 12.5 Å². The molecule has 6 nitrogen and oxygen atoms in total. The van der Waals surface area contributed by atoms with E-state index in [2.05, 4.69) is 150 Å². The normalized spacial score (nSPS) is 12.4. The van der Waals surface area contributed by atoms with Gasteiger partial charge in [-0.05, 0) is 76.7 Å². The average Bonchev–Trinajstić information content (AvgIpc) is 3.86. The minimum absolute atomic E-state index is 0.0500. The molecule has 0 saturated heterocycles. The lowest BCUT2D eigenvalue weighted by Gasteiger charge is -2.20. The van der Waals surface area contributed by atoms with E-state index < -0.39 is 0 Å². The van der Waals surface area contributed by atoms with Gasteiger partial charge in [0.25, 0.3) is 0 Å². The number of aromatic nitrogens is 5. The van der Waals surface area contributed by atoms with Crippen molar-refractivity contribution in [3.05, 3.63) is 158 Å². The fourth-order valence-corrected chi connectivity index (χ4v) is 8.75. The highest BCUT2D eigenvalue weighted by Crippen LogP contribution is 2.51. The number of rotatable bonds is 4. The highest BCUT2D eigenvalue weighted by Gasteiger charge is 2.28. The van der Waals surface area contributed by atoms with Gasteiger partial charge in [0, 0.05) is 69.9 Å². The number of para-hydroxylation sites is 2. The van der Waals surface area contributed by atoms with E-state index in [1.54, 1.807) is 0 Å². The molecule has 0 fully saturated rings. The third-order valence-electron chi connectivity index (χ3n) is 11.3. The van der Waals surface area contributed by atoms with Crippen LogP contribution in [0.3, 0.4) is 0 Å². The predicted molar refractivity (Wildman–Crippen MR) is 225 cm³/mol. The quantitative estimate of drug-likeness (QED) is 0.183. The van der Waals surface area contributed by atoms with Crippen molar-refractivity contribution in [3.8, 4) is 56.6 Å². The minimum Gasteiger partial charge on any atom is -0.457 e. The number of benzene rings is 6. The molecule has 4 aromatic heterocycles. The number of fused-ring (bicyclic) bond motifs is 12. The van der Waals surface area contributed by atoms with Crippen molar-refractivity contribution in [1.82, 2.24) is 23.7 Å². The maximum absolute atomic E-state index is 6.66. The Morgan fingerprint density at radius 3 is 2.20 bits per heavy atom. The van der Waals surface area contributed by atoms with Crippen LogP contribution in [0.4, 0.5) is 0 Å². The summed E-state index contributed by atoms with van der Waals surface area (Å²) in [6, 6.07) is 48.0. The van der Waals surface area contributed by atoms with E-state index in [1.165, 1.54) is 55.0 Å². The molecule has 5 heterocycles. The molecule has 55 heavy (non-hydrogen) atoms. The van der Waals surface area contributed by atoms with Crippen molar-refractivity contribution >= 4 is 43.6 Å². The molecule has 0 amide bonds. The van der Waals surface area contributed by atoms with E-state index in [4.69, 9.17) is 9.72 Å². The Bertz CT molecular complexity index is 3190. The smallest absolute Gasteiger partial charge is 0.139 e. The molecule has 0 saturated carbocycles. The summed E-state index contributed by atoms with van der Waals surface area (Å²) < 4.78 is 13.5. The van der Waals surface area contributed by atoms with Crippen molar-refractivity contribution in [3.63, 3.8) is 0 Å². The van der Waals surface area contributed by atoms with E-state index in [1.807, 2.05) is 48.4 Å². The molecule has 1 aliphatic heterocycles. The molecule has 0 N–H and O–H groups in total. The lowest BCUT2D eigenvalue weighted by molar-refractivity contribution is 0.483. The number of pyridine rings is 1. The van der Waals surface area contributed by atoms with Crippen LogP contribution >= 0.6 is 0 Å². The van der Waals surface area contributed by atoms with Crippen LogP contribution in [0.5, 0.6) is 11.5 Å². The summed E-state index contributed by atoms with van der Waals surface area (Å²) in [5, 5.41) is 4.83. The Hall–Kier alpha value is -6.92. The Labute approximate surface area is 318 Å². The third-order valence-corrected chi connectivity index (χ3v) is 11.3. The summed E-state index contributed by atoms with van der Waals surface area (Å²) in [5.41, 5.74) is 12.8. The van der Waals surface area contributed by atoms with Crippen LogP contribution in [0.2, 0.25) is 0 Å². The van der Waals surface area contributed by atoms with Gasteiger partial charge < -0.3 is 13.9 Å². The van der Waals surface area contributed by atoms with Gasteiger partial charge >= 0.3 is 0 Å². The Balaban J connectivity index is 1.22. The second-order valence-electron chi connectivity index (χ2n) is 15.6. The molecule has 10 aromatic rings. The molecule has 11 rings (SSSR count). The zero-order valence-corrected chi connectivity index (χ0v) is 31.1. The second kappa shape index (κ2) is 11.5. The molecule has 6 aromatic carbocycles. The lowest BCUT2D eigenvalue weighted by atomic mass is 9.88. The molecular weight excluding hydrogens is 675 g/mol. The molecule has 0 spiro atoms. The first-order chi connectivity index (χ1) is 26.8. The summed E-state index contributed by atoms with van der Waals surface area (Å²) in [6.07, 6.45) is 5.71. The molecule has 0 aliphatic carbocycles. The fourth-order valence-electron chi connectivity index (χ4n) is 8.75. The number of hydrogen-bond acceptors (Lipinski definition) is 3. The van der Waals surface area contributed by atoms with Gasteiger partial charge in [0.1, 0.15) is 23.1 Å². The summed E-state index contributed by atoms with van der Waals surface area (Å²) >= 11 is 0. The van der Waals surface area contributed by atoms with Gasteiger partial charge in [-0.15, -0.1) is 0 Å². The highest BCUT2D eigenvalue weighted by atomic mass is 16.5. The first-order valence-electron chi connectivity index (χ1n) is 18.8. The van der Waals surface area contributed by atoms with Crippen molar-refractivity contribution in [2.75, 3.05) is 0 Å². The predicted octanol–water partition coefficient (Wildman–Crippen LogP) is 12.4. The number of nitrogens with zero attached hydrogens (tertiary/aromatic N) is 5. The van der Waals surface area contributed by atoms with Gasteiger partial charge in [-0.3, -0.25) is 4.57 Å². The molecule has 0 bridgehead atoms. The molecule has 0 radical (unpaired) electrons. The van der Waals surface area contributed by atoms with Crippen LogP contribution in [-0.4, -0.2) is 23.7 Å². The van der Waals surface area contributed by atoms with Gasteiger partial charge in [0.2, 0.25) is 0 Å². The van der Waals surface area contributed by atoms with E-state index >= 15 is 0 Å². The number of imidazole rings is 1. The van der Waals surface area contributed by atoms with Gasteiger partial charge in [0.15, 0.2) is 0 Å². The van der Waals surface area contributed by atoms with Crippen LogP contribution in [0, 0.1) is 0 Å². The molecule has 6 heteroatoms. The average molecular weight is 712 g/mol. The van der Waals surface area contributed by atoms with Crippen molar-refractivity contribution < 1.29 is 4.74 Å². The monoisotopic (exact) mass is 711 g/mol. The molecule has 0 atom stereocenters. The van der Waals surface area contributed by atoms with Crippen LogP contribution in [0.15, 0.2) is 152 Å². The first-order valence-corrected chi connectivity index (χ1v) is 18.8. The van der Waals surface area contributed by atoms with Crippen LogP contribution < -0.4 is 4.74 Å². The topological polar surface area (TPSA) is 49.8 Å². The van der Waals surface area contributed by atoms with E-state index in [0.717, 1.165) is 50.8 Å². The van der Waals surface area contributed by atoms with Crippen molar-refractivity contribution in [2.24, 2.45) is 7.05 Å². The van der Waals surface area contributed by atoms with E-state index in [9.17, 15) is 0 Å². The van der Waals surface area contributed by atoms with Crippen molar-refractivity contribution in [2.45, 2.75) is 26.2 Å². The largest absolute Gasteiger partial charge is 0.457 e. The second-order valence-corrected chi connectivity index (χ2v) is 15.6. The number of aryl methyl sites for hydroxylation is 1. The zero-order valence-electron chi connectivity index (χ0n) is 31.1. The van der Waals surface area contributed by atoms with Gasteiger partial charge in [-0.1, -0.05) is 93.6 Å². The Morgan fingerprint density at radius 2 is 1.35 bits per heavy atom. The van der Waals surface area contributed by atoms with Gasteiger partial charge in [-0.25, -0.2) is 9.97 Å². The first kappa shape index (κ1) is 31.6. The van der Waals surface area contributed by atoms with Crippen LogP contribution in [0.25, 0.3) is 88.8 Å². The molecule has 264 valence electrons. The third kappa shape index (κ3) is 4.67. The van der Waals surface area contributed by atoms with E-state index in [-0.39, 0.29) is 5.41 Å². The highest BCUT2D eigenvalue weighted by molar-refractivity contribution is 6.22. The Morgan fingerprint density at radius 1 is 0.564 bits per heavy atom. The standard InChI is InChI=1S/C49H37N5O/c1-49(2,3)31-23-24-50-44(28-31)53-41-21-22-42-45(36-15-6-5-13-34(36)37-16-10-17-38-35-14-7-8-18-40(35)54(42)47(37)38)46(41)39-20-19-33(29-43(39)53)55-32-12-9-11-30(27-32)48-51-25-26-52(48)4/h5-29H,1-4H3. The summed E-state index contributed by atoms with van der Waals surface area (Å²) in [5.74, 6) is 3.26. The van der Waals surface area contributed by atoms with Crippen molar-refractivity contribution in [1.29, 1.82) is 0 Å². The SMILES string of the molecule is Cn1ccnc1-c1cccc(Oc2ccc3c4c5c(ccc4n(-c4cc(C(C)(C)C)ccn4)c3c2)-n2c3ccccc3c3cccc(c32)-c2ccccc2-5)c1. The summed E-state index contributed by atoms with van der Waals surface area (Å²) in [6.45, 7) is 6.75. The van der Waals surface area contributed by atoms with Crippen LogP contribution in [0.1, 0.15) is 26.3 Å². The fraction of sp³-hybridized carbons (Fsp3) is 0.102. The van der Waals surface area contributed by atoms with E-state index in [0.29, 0.717) is 0 Å². The van der Waals surface area contributed by atoms with Gasteiger partial charge in [-0.2, -0.15) is 0 Å². The molecule has 1 aliphatic rings. The molecule has 0 unspecified atom stereocenters. The zero-order chi connectivity index (χ0) is 37.0. The lowest BCUT2D eigenvalue weighted by Crippen LogP contribution is -2.12. The maximum atomic E-state index is 6.66. The number of hydrogen-bond donors (Lipinski definition) is 0.